The molecule has 14 atom stereocenters. The molecule has 0 aliphatic carbocycles. The first kappa shape index (κ1) is 45.5. The van der Waals surface area contributed by atoms with Gasteiger partial charge in [-0.2, -0.15) is 0 Å². The van der Waals surface area contributed by atoms with Crippen molar-refractivity contribution in [2.24, 2.45) is 23.7 Å². The van der Waals surface area contributed by atoms with E-state index in [2.05, 4.69) is 14.9 Å². The Hall–Kier alpha value is -3.07. The topological polar surface area (TPSA) is 190 Å². The van der Waals surface area contributed by atoms with Crippen LogP contribution in [0.4, 0.5) is 4.79 Å². The summed E-state index contributed by atoms with van der Waals surface area (Å²) in [4.78, 5) is 71.5. The van der Waals surface area contributed by atoms with Gasteiger partial charge in [0.25, 0.3) is 0 Å². The number of rotatable bonds is 7. The number of carbonyl (C=O) groups excluding carboxylic acids is 4. The number of carbonyl (C=O) groups is 4. The van der Waals surface area contributed by atoms with Crippen molar-refractivity contribution in [2.45, 2.75) is 132 Å². The molecule has 0 spiro atoms. The second-order valence-corrected chi connectivity index (χ2v) is 18.9. The number of hydrogen-bond acceptors (Lipinski definition) is 15. The molecule has 4 aliphatic rings. The molecule has 59 heavy (non-hydrogen) atoms. The molecule has 6 rings (SSSR count). The van der Waals surface area contributed by atoms with Crippen LogP contribution in [0.2, 0.25) is 0 Å². The highest BCUT2D eigenvalue weighted by atomic mass is 127. The van der Waals surface area contributed by atoms with Crippen LogP contribution >= 0.6 is 22.6 Å². The molecule has 2 aromatic rings. The number of methoxy groups -OCH3 is 1. The number of nitrogens with zero attached hydrogens (tertiary/aromatic N) is 5. The lowest BCUT2D eigenvalue weighted by atomic mass is 9.74. The van der Waals surface area contributed by atoms with Crippen LogP contribution in [-0.2, 0) is 38.1 Å². The molecule has 4 aliphatic heterocycles. The van der Waals surface area contributed by atoms with E-state index in [-0.39, 0.29) is 42.2 Å². The van der Waals surface area contributed by atoms with Crippen LogP contribution in [-0.4, -0.2) is 151 Å². The van der Waals surface area contributed by atoms with E-state index >= 15 is 0 Å². The first-order chi connectivity index (χ1) is 27.6. The first-order valence-electron chi connectivity index (χ1n) is 20.5. The molecular weight excluding hydrogens is 877 g/mol. The SMILES string of the molecule is CO[C@]1(C)C[C@@H](C)C(=O)[C@H](C)[C@@H]2N(C3CN(C(C)c4c(O)cnc5cccnc45)C3)C(=O)O[C@]2(C)[C@@H](I)OC(=O)[C@H](C)C(=O)[C@H](C)[C@H]1O[C@@H]1O[C@H](C)C[C@H](N(C)C)[C@H]1O. The second-order valence-electron chi connectivity index (χ2n) is 17.7. The predicted molar refractivity (Wildman–Crippen MR) is 223 cm³/mol. The Labute approximate surface area is 359 Å². The van der Waals surface area contributed by atoms with Crippen LogP contribution < -0.4 is 0 Å². The number of aromatic hydroxyl groups is 1. The van der Waals surface area contributed by atoms with E-state index in [4.69, 9.17) is 23.7 Å². The number of ketones is 2. The number of halogens is 1. The smallest absolute Gasteiger partial charge is 0.411 e. The third-order valence-corrected chi connectivity index (χ3v) is 14.9. The molecule has 1 unspecified atom stereocenters. The highest BCUT2D eigenvalue weighted by Gasteiger charge is 2.63. The molecule has 2 aromatic heterocycles. The third-order valence-electron chi connectivity index (χ3n) is 13.4. The number of ether oxygens (including phenoxy) is 5. The number of amides is 1. The molecule has 0 radical (unpaired) electrons. The minimum Gasteiger partial charge on any atom is -0.506 e. The van der Waals surface area contributed by atoms with E-state index < -0.39 is 81.4 Å². The number of aromatic nitrogens is 2. The number of fused-ring (bicyclic) bond motifs is 2. The van der Waals surface area contributed by atoms with E-state index in [1.807, 2.05) is 61.5 Å². The number of alkyl halides is 1. The lowest BCUT2D eigenvalue weighted by Gasteiger charge is -2.50. The standard InChI is InChI=1S/C42H60IN5O11/c1-20-16-41(7,55-11)36(57-38-34(52)28(46(9)10)15-21(2)56-38)23(4)33(51)24(5)37(53)58-39(43)42(8)35(22(3)32(20)50)48(40(54)59-42)26-18-47(19-26)25(6)30-29(49)17-45-27-13-12-14-44-31(27)30/h12-14,17,20-26,28,34-36,38-39,49,52H,15-16,18-19H2,1-11H3/t20-,21-,22+,23+,24-,25?,28+,34-,35+,36-,38+,39+,41-,42+/m1/s1. The van der Waals surface area contributed by atoms with Crippen LogP contribution in [0.25, 0.3) is 11.0 Å². The van der Waals surface area contributed by atoms with Gasteiger partial charge in [-0.25, -0.2) is 4.79 Å². The van der Waals surface area contributed by atoms with Crippen LogP contribution in [0, 0.1) is 23.7 Å². The summed E-state index contributed by atoms with van der Waals surface area (Å²) in [6.45, 7) is 14.7. The Kier molecular flexibility index (Phi) is 13.4. The van der Waals surface area contributed by atoms with Gasteiger partial charge in [0.1, 0.15) is 23.6 Å². The molecule has 2 N–H and O–H groups in total. The number of aliphatic hydroxyl groups excluding tert-OH is 1. The maximum absolute atomic E-state index is 14.8. The van der Waals surface area contributed by atoms with Crippen molar-refractivity contribution in [1.82, 2.24) is 24.7 Å². The first-order valence-corrected chi connectivity index (χ1v) is 21.7. The van der Waals surface area contributed by atoms with Gasteiger partial charge in [0.05, 0.1) is 47.1 Å². The van der Waals surface area contributed by atoms with Gasteiger partial charge in [0, 0.05) is 61.8 Å². The normalized spacial score (nSPS) is 38.7. The molecule has 0 bridgehead atoms. The van der Waals surface area contributed by atoms with Crippen molar-refractivity contribution in [3.63, 3.8) is 0 Å². The number of cyclic esters (lactones) is 1. The van der Waals surface area contributed by atoms with Crippen LogP contribution in [0.1, 0.15) is 79.8 Å². The summed E-state index contributed by atoms with van der Waals surface area (Å²) in [6, 6.07) is 1.76. The van der Waals surface area contributed by atoms with Gasteiger partial charge >= 0.3 is 12.1 Å². The zero-order valence-electron chi connectivity index (χ0n) is 35.8. The number of aliphatic hydroxyl groups is 1. The fourth-order valence-electron chi connectivity index (χ4n) is 9.79. The van der Waals surface area contributed by atoms with E-state index in [1.54, 1.807) is 51.8 Å². The molecule has 0 saturated carbocycles. The van der Waals surface area contributed by atoms with Crippen molar-refractivity contribution in [3.8, 4) is 5.75 Å². The monoisotopic (exact) mass is 937 g/mol. The van der Waals surface area contributed by atoms with E-state index in [0.29, 0.717) is 36.1 Å². The molecule has 17 heteroatoms. The number of hydrogen-bond donors (Lipinski definition) is 2. The highest BCUT2D eigenvalue weighted by Crippen LogP contribution is 2.46. The van der Waals surface area contributed by atoms with Crippen LogP contribution in [0.15, 0.2) is 24.5 Å². The number of likely N-dealkylation sites (N-methyl/N-ethyl adjacent to an activating group) is 1. The average Bonchev–Trinajstić information content (AvgIpc) is 3.44. The maximum Gasteiger partial charge on any atom is 0.411 e. The molecule has 0 aromatic carbocycles. The van der Waals surface area contributed by atoms with Gasteiger partial charge in [0.15, 0.2) is 21.8 Å². The minimum atomic E-state index is -1.49. The zero-order chi connectivity index (χ0) is 43.5. The Balaban J connectivity index is 1.32. The second kappa shape index (κ2) is 17.4. The Morgan fingerprint density at radius 2 is 1.71 bits per heavy atom. The summed E-state index contributed by atoms with van der Waals surface area (Å²) >= 11 is 1.92. The summed E-state index contributed by atoms with van der Waals surface area (Å²) in [5.74, 6) is -5.21. The fraction of sp³-hybridized carbons (Fsp3) is 0.714. The quantitative estimate of drug-likeness (QED) is 0.173. The molecule has 6 heterocycles. The summed E-state index contributed by atoms with van der Waals surface area (Å²) in [5.41, 5.74) is -0.935. The molecular formula is C42H60IN5O11. The fourth-order valence-corrected chi connectivity index (χ4v) is 10.5. The van der Waals surface area contributed by atoms with E-state index in [1.165, 1.54) is 20.2 Å². The molecule has 1 amide bonds. The molecule has 4 saturated heterocycles. The van der Waals surface area contributed by atoms with Gasteiger partial charge in [-0.05, 0) is 96.3 Å². The van der Waals surface area contributed by atoms with Crippen molar-refractivity contribution in [2.75, 3.05) is 34.3 Å². The van der Waals surface area contributed by atoms with Crippen molar-refractivity contribution >= 4 is 57.3 Å². The lowest BCUT2D eigenvalue weighted by molar-refractivity contribution is -0.295. The van der Waals surface area contributed by atoms with Crippen molar-refractivity contribution in [1.29, 1.82) is 0 Å². The van der Waals surface area contributed by atoms with E-state index in [9.17, 15) is 29.4 Å². The van der Waals surface area contributed by atoms with Crippen molar-refractivity contribution < 1.29 is 53.1 Å². The van der Waals surface area contributed by atoms with Crippen LogP contribution in [0.3, 0.4) is 0 Å². The average molecular weight is 938 g/mol. The Bertz CT molecular complexity index is 1920. The number of likely N-dealkylation sites (tertiary alicyclic amines) is 1. The Morgan fingerprint density at radius 3 is 2.36 bits per heavy atom. The largest absolute Gasteiger partial charge is 0.506 e. The minimum absolute atomic E-state index is 0.0154. The highest BCUT2D eigenvalue weighted by molar-refractivity contribution is 14.1. The van der Waals surface area contributed by atoms with Gasteiger partial charge in [-0.1, -0.05) is 20.8 Å². The van der Waals surface area contributed by atoms with Gasteiger partial charge in [0.2, 0.25) is 0 Å². The summed E-state index contributed by atoms with van der Waals surface area (Å²) in [6.07, 6.45) is -0.479. The number of pyridine rings is 2. The van der Waals surface area contributed by atoms with Gasteiger partial charge in [-0.15, -0.1) is 0 Å². The number of Topliss-reactive ketones (excluding diaryl/α,β-unsaturated/α-hetero) is 2. The van der Waals surface area contributed by atoms with E-state index in [0.717, 1.165) is 0 Å². The summed E-state index contributed by atoms with van der Waals surface area (Å²) < 4.78 is 30.0. The van der Waals surface area contributed by atoms with Crippen molar-refractivity contribution in [3.05, 3.63) is 30.1 Å². The Morgan fingerprint density at radius 1 is 1.03 bits per heavy atom. The number of esters is 1. The van der Waals surface area contributed by atoms with Gasteiger partial charge in [-0.3, -0.25) is 34.2 Å². The zero-order valence-corrected chi connectivity index (χ0v) is 38.0. The van der Waals surface area contributed by atoms with Gasteiger partial charge < -0.3 is 38.8 Å². The maximum atomic E-state index is 14.8. The molecule has 4 fully saturated rings. The summed E-state index contributed by atoms with van der Waals surface area (Å²) in [7, 11) is 5.21. The summed E-state index contributed by atoms with van der Waals surface area (Å²) in [5, 5.41) is 22.3. The predicted octanol–water partition coefficient (Wildman–Crippen LogP) is 4.27. The third kappa shape index (κ3) is 8.33. The molecule has 16 nitrogen and oxygen atoms in total. The lowest BCUT2D eigenvalue weighted by Crippen LogP contribution is -2.65. The molecule has 326 valence electrons. The van der Waals surface area contributed by atoms with Crippen LogP contribution in [0.5, 0.6) is 5.75 Å².